The lowest BCUT2D eigenvalue weighted by atomic mass is 10.5. The molecule has 2 rings (SSSR count). The standard InChI is InChI=1S/C3H7N3OSi.C3H5NOSi/c1-2-8-7-3-4-6-5-3;6-5-3-1-2-4-3/h2,8H2,1H3;1-2H,6H3. The van der Waals surface area contributed by atoms with Crippen LogP contribution in [0.5, 0.6) is 0 Å². The highest BCUT2D eigenvalue weighted by Crippen LogP contribution is 1.97. The summed E-state index contributed by atoms with van der Waals surface area (Å²) in [5.41, 5.74) is 0. The van der Waals surface area contributed by atoms with Gasteiger partial charge in [0.15, 0.2) is 5.90 Å². The summed E-state index contributed by atoms with van der Waals surface area (Å²) in [7, 11) is 0.382. The maximum absolute atomic E-state index is 5.06. The van der Waals surface area contributed by atoms with E-state index in [4.69, 9.17) is 8.85 Å². The third kappa shape index (κ3) is 3.62. The zero-order chi connectivity index (χ0) is 10.2. The predicted molar refractivity (Wildman–Crippen MR) is 60.0 cm³/mol. The minimum atomic E-state index is -0.370. The third-order valence-corrected chi connectivity index (χ3v) is 2.61. The number of nitrogens with zero attached hydrogens (tertiary/aromatic N) is 4. The van der Waals surface area contributed by atoms with Gasteiger partial charge in [-0.1, -0.05) is 17.1 Å². The Morgan fingerprint density at radius 3 is 2.50 bits per heavy atom. The number of hydrogen-bond donors (Lipinski definition) is 0. The molecule has 14 heavy (non-hydrogen) atoms. The van der Waals surface area contributed by atoms with Crippen LogP contribution in [0.2, 0.25) is 6.04 Å². The number of aliphatic imine (C=N–C) groups is 1. The highest BCUT2D eigenvalue weighted by molar-refractivity contribution is 6.30. The van der Waals surface area contributed by atoms with Gasteiger partial charge in [0.2, 0.25) is 20.2 Å². The van der Waals surface area contributed by atoms with Crippen molar-refractivity contribution in [3.63, 3.8) is 0 Å². The second kappa shape index (κ2) is 6.21. The Kier molecular flexibility index (Phi) is 4.79. The van der Waals surface area contributed by atoms with Crippen molar-refractivity contribution in [3.8, 4) is 0 Å². The Balaban J connectivity index is 0.000000146. The van der Waals surface area contributed by atoms with Gasteiger partial charge in [0, 0.05) is 12.3 Å². The molecule has 76 valence electrons. The fraction of sp³-hybridized carbons (Fsp3) is 0.333. The molecule has 6 nitrogen and oxygen atoms in total. The van der Waals surface area contributed by atoms with Crippen LogP contribution in [0.4, 0.5) is 0 Å². The first-order valence-electron chi connectivity index (χ1n) is 4.26. The van der Waals surface area contributed by atoms with Gasteiger partial charge in [0.05, 0.1) is 0 Å². The van der Waals surface area contributed by atoms with Crippen molar-refractivity contribution in [2.24, 2.45) is 20.4 Å². The Morgan fingerprint density at radius 1 is 1.57 bits per heavy atom. The molecule has 0 fully saturated rings. The van der Waals surface area contributed by atoms with Gasteiger partial charge in [-0.3, -0.25) is 0 Å². The fourth-order valence-corrected chi connectivity index (χ4v) is 1.33. The Labute approximate surface area is 87.3 Å². The minimum absolute atomic E-state index is 0.370. The summed E-state index contributed by atoms with van der Waals surface area (Å²) in [6.45, 7) is 2.09. The first kappa shape index (κ1) is 10.8. The largest absolute Gasteiger partial charge is 0.540 e. The molecule has 0 bridgehead atoms. The van der Waals surface area contributed by atoms with Crippen molar-refractivity contribution in [2.75, 3.05) is 0 Å². The smallest absolute Gasteiger partial charge is 0.343 e. The molecule has 0 unspecified atom stereocenters. The van der Waals surface area contributed by atoms with Gasteiger partial charge < -0.3 is 8.85 Å². The highest BCUT2D eigenvalue weighted by atomic mass is 28.2. The Morgan fingerprint density at radius 2 is 2.29 bits per heavy atom. The van der Waals surface area contributed by atoms with Crippen LogP contribution in [0.1, 0.15) is 6.92 Å². The maximum atomic E-state index is 5.06. The van der Waals surface area contributed by atoms with E-state index < -0.39 is 0 Å². The fourth-order valence-electron chi connectivity index (χ4n) is 0.588. The molecule has 0 aliphatic carbocycles. The van der Waals surface area contributed by atoms with Gasteiger partial charge in [-0.25, -0.2) is 4.99 Å². The van der Waals surface area contributed by atoms with Gasteiger partial charge in [-0.15, -0.1) is 0 Å². The van der Waals surface area contributed by atoms with Crippen LogP contribution in [-0.2, 0) is 8.85 Å². The lowest BCUT2D eigenvalue weighted by molar-refractivity contribution is 0.549. The van der Waals surface area contributed by atoms with Crippen LogP contribution in [0.15, 0.2) is 32.7 Å². The first-order chi connectivity index (χ1) is 6.86. The molecule has 2 aliphatic rings. The first-order valence-corrected chi connectivity index (χ1v) is 6.66. The molecule has 8 heteroatoms. The number of amidine groups is 1. The summed E-state index contributed by atoms with van der Waals surface area (Å²) in [6, 6.07) is 1.59. The van der Waals surface area contributed by atoms with Gasteiger partial charge in [-0.05, 0) is 11.3 Å². The molecule has 0 aromatic heterocycles. The van der Waals surface area contributed by atoms with E-state index in [1.165, 1.54) is 0 Å². The van der Waals surface area contributed by atoms with E-state index in [1.807, 2.05) is 6.08 Å². The van der Waals surface area contributed by atoms with E-state index in [-0.39, 0.29) is 9.76 Å². The van der Waals surface area contributed by atoms with E-state index in [2.05, 4.69) is 27.4 Å². The molecule has 0 aromatic rings. The van der Waals surface area contributed by atoms with Crippen LogP contribution >= 0.6 is 0 Å². The molecule has 0 N–H and O–H groups in total. The normalized spacial score (nSPS) is 16.4. The lowest BCUT2D eigenvalue weighted by Crippen LogP contribution is -2.07. The SMILES string of the molecule is CC[SiH2]OC1=NN=N1.[SiH3]OC1=NC=C1. The van der Waals surface area contributed by atoms with E-state index in [9.17, 15) is 0 Å². The number of rotatable bonds is 2. The molecule has 2 heterocycles. The van der Waals surface area contributed by atoms with Crippen molar-refractivity contribution < 1.29 is 8.85 Å². The molecule has 0 atom stereocenters. The molecule has 0 amide bonds. The van der Waals surface area contributed by atoms with E-state index in [1.54, 1.807) is 6.20 Å². The molecule has 0 aromatic carbocycles. The molecular formula is C6H12N4O2Si2. The zero-order valence-corrected chi connectivity index (χ0v) is 11.6. The summed E-state index contributed by atoms with van der Waals surface area (Å²) in [5, 5.41) is 10.2. The van der Waals surface area contributed by atoms with Crippen LogP contribution in [0.3, 0.4) is 0 Å². The van der Waals surface area contributed by atoms with Gasteiger partial charge in [-0.2, -0.15) is 0 Å². The van der Waals surface area contributed by atoms with Crippen LogP contribution < -0.4 is 0 Å². The Hall–Kier alpha value is -1.29. The van der Waals surface area contributed by atoms with E-state index in [0.29, 0.717) is 6.02 Å². The lowest BCUT2D eigenvalue weighted by Gasteiger charge is -2.02. The molecule has 0 spiro atoms. The summed E-state index contributed by atoms with van der Waals surface area (Å²) in [5.74, 6) is 0.779. The topological polar surface area (TPSA) is 67.9 Å². The summed E-state index contributed by atoms with van der Waals surface area (Å²) in [6.07, 6.45) is 3.56. The van der Waals surface area contributed by atoms with Gasteiger partial charge in [0.25, 0.3) is 0 Å². The minimum Gasteiger partial charge on any atom is -0.540 e. The molecule has 0 saturated carbocycles. The van der Waals surface area contributed by atoms with E-state index in [0.717, 1.165) is 22.4 Å². The van der Waals surface area contributed by atoms with Crippen LogP contribution in [0, 0.1) is 0 Å². The summed E-state index contributed by atoms with van der Waals surface area (Å²) < 4.78 is 9.84. The monoisotopic (exact) mass is 228 g/mol. The van der Waals surface area contributed by atoms with Crippen molar-refractivity contribution in [2.45, 2.75) is 13.0 Å². The maximum Gasteiger partial charge on any atom is 0.343 e. The third-order valence-electron chi connectivity index (χ3n) is 1.32. The molecular weight excluding hydrogens is 216 g/mol. The van der Waals surface area contributed by atoms with Crippen LogP contribution in [0.25, 0.3) is 0 Å². The zero-order valence-electron chi connectivity index (χ0n) is 8.17. The average molecular weight is 228 g/mol. The second-order valence-corrected chi connectivity index (χ2v) is 4.51. The van der Waals surface area contributed by atoms with Gasteiger partial charge in [0.1, 0.15) is 0 Å². The summed E-state index contributed by atoms with van der Waals surface area (Å²) >= 11 is 0. The quantitative estimate of drug-likeness (QED) is 0.596. The van der Waals surface area contributed by atoms with E-state index >= 15 is 0 Å². The molecule has 0 saturated heterocycles. The van der Waals surface area contributed by atoms with Crippen LogP contribution in [-0.4, -0.2) is 32.2 Å². The number of hydrogen-bond acceptors (Lipinski definition) is 6. The molecule has 0 radical (unpaired) electrons. The average Bonchev–Trinajstić information content (AvgIpc) is 2.01. The van der Waals surface area contributed by atoms with Crippen molar-refractivity contribution in [1.82, 2.24) is 0 Å². The summed E-state index contributed by atoms with van der Waals surface area (Å²) in [4.78, 5) is 3.74. The highest BCUT2D eigenvalue weighted by Gasteiger charge is 2.02. The second-order valence-electron chi connectivity index (χ2n) is 2.41. The van der Waals surface area contributed by atoms with Gasteiger partial charge >= 0.3 is 6.02 Å². The van der Waals surface area contributed by atoms with Crippen molar-refractivity contribution in [1.29, 1.82) is 0 Å². The Bertz CT molecular complexity index is 300. The van der Waals surface area contributed by atoms with Crippen molar-refractivity contribution in [3.05, 3.63) is 12.3 Å². The molecule has 2 aliphatic heterocycles. The predicted octanol–water partition coefficient (Wildman–Crippen LogP) is -0.529. The van der Waals surface area contributed by atoms with Crippen molar-refractivity contribution >= 4 is 32.2 Å².